The van der Waals surface area contributed by atoms with Gasteiger partial charge in [-0.05, 0) is 54.3 Å². The first kappa shape index (κ1) is 16.6. The molecule has 0 saturated heterocycles. The summed E-state index contributed by atoms with van der Waals surface area (Å²) >= 11 is 0.872. The van der Waals surface area contributed by atoms with Gasteiger partial charge in [0.25, 0.3) is 5.91 Å². The highest BCUT2D eigenvalue weighted by atomic mass is 32.2. The highest BCUT2D eigenvalue weighted by molar-refractivity contribution is 8.16. The molecule has 0 heterocycles. The van der Waals surface area contributed by atoms with Gasteiger partial charge in [0.05, 0.1) is 11.5 Å². The van der Waals surface area contributed by atoms with Crippen molar-refractivity contribution in [1.29, 1.82) is 0 Å². The monoisotopic (exact) mass is 319 g/mol. The van der Waals surface area contributed by atoms with Gasteiger partial charge in [-0.3, -0.25) is 9.59 Å². The first-order chi connectivity index (χ1) is 10.7. The largest absolute Gasteiger partial charge is 0.493 e. The van der Waals surface area contributed by atoms with Gasteiger partial charge >= 0.3 is 0 Å². The summed E-state index contributed by atoms with van der Waals surface area (Å²) < 4.78 is 5.80. The van der Waals surface area contributed by atoms with E-state index in [1.807, 2.05) is 24.3 Å². The number of thioether (sulfide) groups is 1. The van der Waals surface area contributed by atoms with E-state index in [0.29, 0.717) is 16.4 Å². The van der Waals surface area contributed by atoms with E-state index in [0.717, 1.165) is 29.7 Å². The van der Waals surface area contributed by atoms with Gasteiger partial charge in [-0.25, -0.2) is 0 Å². The highest BCUT2D eigenvalue weighted by Gasteiger charge is 2.15. The maximum atomic E-state index is 11.6. The molecule has 1 aliphatic carbocycles. The van der Waals surface area contributed by atoms with Crippen LogP contribution < -0.4 is 10.1 Å². The second-order valence-electron chi connectivity index (χ2n) is 5.33. The Bertz CT molecular complexity index is 533. The van der Waals surface area contributed by atoms with E-state index in [4.69, 9.17) is 4.74 Å². The molecule has 118 valence electrons. The van der Waals surface area contributed by atoms with Crippen LogP contribution in [-0.4, -0.2) is 25.2 Å². The van der Waals surface area contributed by atoms with Gasteiger partial charge in [0.1, 0.15) is 5.75 Å². The van der Waals surface area contributed by atoms with Crippen molar-refractivity contribution in [2.24, 2.45) is 5.92 Å². The lowest BCUT2D eigenvalue weighted by molar-refractivity contribution is -0.116. The average Bonchev–Trinajstić information content (AvgIpc) is 3.06. The van der Waals surface area contributed by atoms with Gasteiger partial charge in [0, 0.05) is 7.05 Å². The van der Waals surface area contributed by atoms with Gasteiger partial charge in [0.2, 0.25) is 0 Å². The van der Waals surface area contributed by atoms with E-state index >= 15 is 0 Å². The Morgan fingerprint density at radius 1 is 1.32 bits per heavy atom. The summed E-state index contributed by atoms with van der Waals surface area (Å²) in [4.78, 5) is 22.6. The lowest BCUT2D eigenvalue weighted by atomic mass is 10.1. The molecule has 2 rings (SSSR count). The maximum Gasteiger partial charge on any atom is 0.257 e. The zero-order valence-electron chi connectivity index (χ0n) is 12.7. The van der Waals surface area contributed by atoms with Crippen LogP contribution in [0.15, 0.2) is 29.2 Å². The van der Waals surface area contributed by atoms with Crippen LogP contribution in [0.3, 0.4) is 0 Å². The molecule has 1 N–H and O–H groups in total. The smallest absolute Gasteiger partial charge is 0.257 e. The topological polar surface area (TPSA) is 55.4 Å². The Morgan fingerprint density at radius 2 is 2.00 bits per heavy atom. The van der Waals surface area contributed by atoms with E-state index in [9.17, 15) is 9.59 Å². The lowest BCUT2D eigenvalue weighted by Crippen LogP contribution is -2.18. The predicted molar refractivity (Wildman–Crippen MR) is 90.3 cm³/mol. The van der Waals surface area contributed by atoms with Crippen LogP contribution >= 0.6 is 11.8 Å². The van der Waals surface area contributed by atoms with Crippen LogP contribution in [0.2, 0.25) is 0 Å². The van der Waals surface area contributed by atoms with E-state index in [-0.39, 0.29) is 5.91 Å². The number of hydrogen-bond acceptors (Lipinski definition) is 4. The molecule has 0 aromatic heterocycles. The molecule has 22 heavy (non-hydrogen) atoms. The van der Waals surface area contributed by atoms with Crippen LogP contribution in [-0.2, 0) is 9.59 Å². The van der Waals surface area contributed by atoms with Crippen molar-refractivity contribution in [3.63, 3.8) is 0 Å². The third-order valence-electron chi connectivity index (χ3n) is 3.76. The predicted octanol–water partition coefficient (Wildman–Crippen LogP) is 3.27. The number of carbonyl (C=O) groups is 2. The molecule has 1 aromatic carbocycles. The van der Waals surface area contributed by atoms with Crippen LogP contribution in [0.1, 0.15) is 31.2 Å². The van der Waals surface area contributed by atoms with Crippen LogP contribution in [0.25, 0.3) is 6.08 Å². The minimum Gasteiger partial charge on any atom is -0.493 e. The van der Waals surface area contributed by atoms with E-state index in [2.05, 4.69) is 5.32 Å². The number of likely N-dealkylation sites (N-methyl/N-ethyl adjacent to an activating group) is 1. The molecular weight excluding hydrogens is 298 g/mol. The van der Waals surface area contributed by atoms with E-state index in [1.165, 1.54) is 25.7 Å². The number of nitrogens with one attached hydrogen (secondary N) is 1. The van der Waals surface area contributed by atoms with Crippen molar-refractivity contribution in [3.8, 4) is 5.75 Å². The van der Waals surface area contributed by atoms with Crippen molar-refractivity contribution in [2.75, 3.05) is 13.7 Å². The summed E-state index contributed by atoms with van der Waals surface area (Å²) in [6, 6.07) is 7.57. The van der Waals surface area contributed by atoms with Crippen LogP contribution in [0, 0.1) is 5.92 Å². The third kappa shape index (κ3) is 4.91. The Hall–Kier alpha value is -1.75. The first-order valence-electron chi connectivity index (χ1n) is 7.50. The van der Waals surface area contributed by atoms with Gasteiger partial charge in [0.15, 0.2) is 5.62 Å². The molecule has 5 heteroatoms. The van der Waals surface area contributed by atoms with E-state index < -0.39 is 0 Å². The summed E-state index contributed by atoms with van der Waals surface area (Å²) in [5, 5.41) is 2.52. The van der Waals surface area contributed by atoms with Gasteiger partial charge in [-0.15, -0.1) is 0 Å². The van der Waals surface area contributed by atoms with Crippen LogP contribution in [0.4, 0.5) is 0 Å². The van der Waals surface area contributed by atoms with Crippen molar-refractivity contribution < 1.29 is 14.3 Å². The maximum absolute atomic E-state index is 11.6. The molecular formula is C17H21NO3S. The van der Waals surface area contributed by atoms with Crippen molar-refractivity contribution in [1.82, 2.24) is 5.32 Å². The lowest BCUT2D eigenvalue weighted by Gasteiger charge is -2.11. The molecule has 0 radical (unpaired) electrons. The van der Waals surface area contributed by atoms with Gasteiger partial charge in [-0.1, -0.05) is 25.0 Å². The molecule has 0 atom stereocenters. The first-order valence-corrected chi connectivity index (χ1v) is 8.38. The van der Waals surface area contributed by atoms with Gasteiger partial charge in [-0.2, -0.15) is 0 Å². The van der Waals surface area contributed by atoms with Crippen molar-refractivity contribution in [3.05, 3.63) is 34.7 Å². The zero-order chi connectivity index (χ0) is 15.8. The molecule has 1 amide bonds. The zero-order valence-corrected chi connectivity index (χ0v) is 13.5. The Labute approximate surface area is 135 Å². The number of benzene rings is 1. The molecule has 1 saturated carbocycles. The second kappa shape index (κ2) is 8.63. The van der Waals surface area contributed by atoms with Gasteiger partial charge < -0.3 is 10.1 Å². The molecule has 1 aromatic rings. The molecule has 0 bridgehead atoms. The number of amides is 1. The fourth-order valence-electron chi connectivity index (χ4n) is 2.53. The summed E-state index contributed by atoms with van der Waals surface area (Å²) in [5.41, 5.74) is 1.52. The number of ether oxygens (including phenoxy) is 1. The standard InChI is InChI=1S/C17H21NO3S/c1-18-17(20)16(22-12-19)10-13-6-8-15(9-7-13)21-11-14-4-2-3-5-14/h6-10,12,14H,2-5,11H2,1H3,(H,18,20)/b16-10-. The summed E-state index contributed by atoms with van der Waals surface area (Å²) in [6.45, 7) is 0.777. The fraction of sp³-hybridized carbons (Fsp3) is 0.412. The molecule has 1 aliphatic rings. The van der Waals surface area contributed by atoms with E-state index in [1.54, 1.807) is 13.1 Å². The quantitative estimate of drug-likeness (QED) is 0.619. The summed E-state index contributed by atoms with van der Waals surface area (Å²) in [7, 11) is 1.54. The molecule has 4 nitrogen and oxygen atoms in total. The minimum atomic E-state index is -0.265. The number of carbonyl (C=O) groups excluding carboxylic acids is 2. The van der Waals surface area contributed by atoms with Crippen LogP contribution in [0.5, 0.6) is 5.75 Å². The molecule has 0 unspecified atom stereocenters. The third-order valence-corrected chi connectivity index (χ3v) is 4.42. The SMILES string of the molecule is CNC(=O)/C(=C/c1ccc(OCC2CCCC2)cc1)SC=O. The Kier molecular flexibility index (Phi) is 6.52. The fourth-order valence-corrected chi connectivity index (χ4v) is 3.05. The Morgan fingerprint density at radius 3 is 2.59 bits per heavy atom. The second-order valence-corrected chi connectivity index (χ2v) is 6.20. The normalized spacial score (nSPS) is 15.6. The highest BCUT2D eigenvalue weighted by Crippen LogP contribution is 2.26. The average molecular weight is 319 g/mol. The van der Waals surface area contributed by atoms with Crippen molar-refractivity contribution in [2.45, 2.75) is 25.7 Å². The number of rotatable bonds is 7. The molecule has 1 fully saturated rings. The Balaban J connectivity index is 1.97. The minimum absolute atomic E-state index is 0.265. The van der Waals surface area contributed by atoms with Crippen molar-refractivity contribution >= 4 is 29.4 Å². The summed E-state index contributed by atoms with van der Waals surface area (Å²) in [5.74, 6) is 1.26. The summed E-state index contributed by atoms with van der Waals surface area (Å²) in [6.07, 6.45) is 6.85. The molecule has 0 aliphatic heterocycles. The molecule has 0 spiro atoms. The number of hydrogen-bond donors (Lipinski definition) is 1.